The zero-order valence-corrected chi connectivity index (χ0v) is 15.0. The van der Waals surface area contributed by atoms with E-state index in [0.717, 1.165) is 12.8 Å². The minimum atomic E-state index is -3.59. The summed E-state index contributed by atoms with van der Waals surface area (Å²) < 4.78 is 34.1. The van der Waals surface area contributed by atoms with Gasteiger partial charge in [0.1, 0.15) is 10.6 Å². The molecule has 118 valence electrons. The van der Waals surface area contributed by atoms with Gasteiger partial charge in [-0.3, -0.25) is 0 Å². The predicted molar refractivity (Wildman–Crippen MR) is 87.0 cm³/mol. The highest BCUT2D eigenvalue weighted by molar-refractivity contribution is 9.10. The van der Waals surface area contributed by atoms with E-state index in [1.807, 2.05) is 0 Å². The largest absolute Gasteiger partial charge is 0.495 e. The Morgan fingerprint density at radius 2 is 2.00 bits per heavy atom. The summed E-state index contributed by atoms with van der Waals surface area (Å²) in [5, 5.41) is 0. The second kappa shape index (κ2) is 6.67. The number of benzene rings is 1. The number of methoxy groups -OCH3 is 1. The van der Waals surface area contributed by atoms with E-state index >= 15 is 0 Å². The first-order chi connectivity index (χ1) is 9.85. The van der Waals surface area contributed by atoms with Gasteiger partial charge < -0.3 is 4.74 Å². The van der Waals surface area contributed by atoms with Crippen molar-refractivity contribution in [2.45, 2.75) is 44.0 Å². The van der Waals surface area contributed by atoms with Crippen molar-refractivity contribution in [2.24, 2.45) is 11.8 Å². The van der Waals surface area contributed by atoms with E-state index in [-0.39, 0.29) is 10.9 Å². The topological polar surface area (TPSA) is 55.4 Å². The minimum absolute atomic E-state index is 0.0116. The van der Waals surface area contributed by atoms with Gasteiger partial charge in [-0.15, -0.1) is 0 Å². The van der Waals surface area contributed by atoms with E-state index in [1.54, 1.807) is 18.2 Å². The van der Waals surface area contributed by atoms with E-state index in [1.165, 1.54) is 13.5 Å². The molecule has 0 aliphatic heterocycles. The second-order valence-corrected chi connectivity index (χ2v) is 8.39. The van der Waals surface area contributed by atoms with Crippen LogP contribution in [-0.2, 0) is 10.0 Å². The first-order valence-corrected chi connectivity index (χ1v) is 9.48. The van der Waals surface area contributed by atoms with Gasteiger partial charge in [-0.1, -0.05) is 42.6 Å². The summed E-state index contributed by atoms with van der Waals surface area (Å²) in [4.78, 5) is 0.185. The van der Waals surface area contributed by atoms with E-state index in [0.29, 0.717) is 22.1 Å². The smallest absolute Gasteiger partial charge is 0.244 e. The molecule has 0 amide bonds. The molecule has 3 atom stereocenters. The molecule has 1 aliphatic carbocycles. The average Bonchev–Trinajstić information content (AvgIpc) is 2.44. The lowest BCUT2D eigenvalue weighted by Gasteiger charge is -2.34. The zero-order chi connectivity index (χ0) is 15.6. The van der Waals surface area contributed by atoms with E-state index < -0.39 is 10.0 Å². The Labute approximate surface area is 135 Å². The van der Waals surface area contributed by atoms with Crippen LogP contribution in [0.4, 0.5) is 0 Å². The maximum absolute atomic E-state index is 12.7. The van der Waals surface area contributed by atoms with Crippen molar-refractivity contribution < 1.29 is 13.2 Å². The SMILES string of the molecule is COc1ccc(Br)cc1S(=O)(=O)N[C@H]1CCC[C@@H](C)[C@H]1C. The van der Waals surface area contributed by atoms with Gasteiger partial charge in [0.2, 0.25) is 10.0 Å². The molecule has 0 radical (unpaired) electrons. The van der Waals surface area contributed by atoms with Crippen molar-refractivity contribution >= 4 is 26.0 Å². The van der Waals surface area contributed by atoms with Crippen LogP contribution in [-0.4, -0.2) is 21.6 Å². The third-order valence-electron chi connectivity index (χ3n) is 4.43. The van der Waals surface area contributed by atoms with Crippen LogP contribution in [0, 0.1) is 11.8 Å². The number of nitrogens with one attached hydrogen (secondary N) is 1. The molecule has 1 aromatic carbocycles. The summed E-state index contributed by atoms with van der Waals surface area (Å²) in [6, 6.07) is 5.00. The molecule has 0 unspecified atom stereocenters. The number of hydrogen-bond donors (Lipinski definition) is 1. The van der Waals surface area contributed by atoms with Crippen LogP contribution in [0.3, 0.4) is 0 Å². The zero-order valence-electron chi connectivity index (χ0n) is 12.6. The van der Waals surface area contributed by atoms with Crippen LogP contribution in [0.1, 0.15) is 33.1 Å². The number of hydrogen-bond acceptors (Lipinski definition) is 3. The summed E-state index contributed by atoms with van der Waals surface area (Å²) in [5.41, 5.74) is 0. The second-order valence-electron chi connectivity index (χ2n) is 5.79. The number of ether oxygens (including phenoxy) is 1. The van der Waals surface area contributed by atoms with Gasteiger partial charge in [0.05, 0.1) is 7.11 Å². The Hall–Kier alpha value is -0.590. The van der Waals surface area contributed by atoms with Gasteiger partial charge in [-0.05, 0) is 36.5 Å². The van der Waals surface area contributed by atoms with Crippen LogP contribution < -0.4 is 9.46 Å². The Morgan fingerprint density at radius 3 is 2.67 bits per heavy atom. The summed E-state index contributed by atoms with van der Waals surface area (Å²) >= 11 is 3.32. The van der Waals surface area contributed by atoms with Crippen molar-refractivity contribution in [3.05, 3.63) is 22.7 Å². The van der Waals surface area contributed by atoms with Crippen molar-refractivity contribution in [3.8, 4) is 5.75 Å². The quantitative estimate of drug-likeness (QED) is 0.874. The molecule has 2 rings (SSSR count). The van der Waals surface area contributed by atoms with E-state index in [9.17, 15) is 8.42 Å². The molecule has 0 heterocycles. The van der Waals surface area contributed by atoms with Crippen molar-refractivity contribution in [2.75, 3.05) is 7.11 Å². The lowest BCUT2D eigenvalue weighted by atomic mass is 9.78. The fraction of sp³-hybridized carbons (Fsp3) is 0.600. The van der Waals surface area contributed by atoms with Gasteiger partial charge in [-0.25, -0.2) is 13.1 Å². The summed E-state index contributed by atoms with van der Waals surface area (Å²) in [6.07, 6.45) is 3.12. The number of sulfonamides is 1. The third-order valence-corrected chi connectivity index (χ3v) is 6.43. The van der Waals surface area contributed by atoms with Crippen LogP contribution in [0.2, 0.25) is 0 Å². The molecular weight excluding hydrogens is 354 g/mol. The van der Waals surface area contributed by atoms with Crippen molar-refractivity contribution in [1.29, 1.82) is 0 Å². The molecule has 0 aromatic heterocycles. The third kappa shape index (κ3) is 3.79. The molecule has 1 fully saturated rings. The highest BCUT2D eigenvalue weighted by atomic mass is 79.9. The minimum Gasteiger partial charge on any atom is -0.495 e. The molecule has 4 nitrogen and oxygen atoms in total. The number of rotatable bonds is 4. The maximum atomic E-state index is 12.7. The Balaban J connectivity index is 2.28. The van der Waals surface area contributed by atoms with Crippen LogP contribution in [0.25, 0.3) is 0 Å². The fourth-order valence-electron chi connectivity index (χ4n) is 2.87. The fourth-order valence-corrected chi connectivity index (χ4v) is 4.94. The van der Waals surface area contributed by atoms with E-state index in [2.05, 4.69) is 34.5 Å². The van der Waals surface area contributed by atoms with Crippen LogP contribution in [0.5, 0.6) is 5.75 Å². The van der Waals surface area contributed by atoms with Crippen LogP contribution >= 0.6 is 15.9 Å². The highest BCUT2D eigenvalue weighted by Gasteiger charge is 2.31. The van der Waals surface area contributed by atoms with E-state index in [4.69, 9.17) is 4.74 Å². The molecule has 0 spiro atoms. The van der Waals surface area contributed by atoms with Crippen molar-refractivity contribution in [3.63, 3.8) is 0 Å². The molecule has 1 aromatic rings. The molecule has 1 aliphatic rings. The number of halogens is 1. The van der Waals surface area contributed by atoms with Gasteiger partial charge in [0.25, 0.3) is 0 Å². The van der Waals surface area contributed by atoms with Crippen LogP contribution in [0.15, 0.2) is 27.6 Å². The summed E-state index contributed by atoms with van der Waals surface area (Å²) in [7, 11) is -2.11. The highest BCUT2D eigenvalue weighted by Crippen LogP contribution is 2.32. The van der Waals surface area contributed by atoms with Gasteiger partial charge in [-0.2, -0.15) is 0 Å². The first kappa shape index (κ1) is 16.8. The lowest BCUT2D eigenvalue weighted by molar-refractivity contribution is 0.227. The molecule has 0 bridgehead atoms. The van der Waals surface area contributed by atoms with Gasteiger partial charge in [0, 0.05) is 10.5 Å². The first-order valence-electron chi connectivity index (χ1n) is 7.21. The molecule has 0 saturated heterocycles. The molecule has 1 N–H and O–H groups in total. The monoisotopic (exact) mass is 375 g/mol. The van der Waals surface area contributed by atoms with Crippen molar-refractivity contribution in [1.82, 2.24) is 4.72 Å². The molecule has 6 heteroatoms. The predicted octanol–water partition coefficient (Wildman–Crippen LogP) is 3.56. The maximum Gasteiger partial charge on any atom is 0.244 e. The summed E-state index contributed by atoms with van der Waals surface area (Å²) in [5.74, 6) is 1.24. The normalized spacial score (nSPS) is 26.6. The average molecular weight is 376 g/mol. The Morgan fingerprint density at radius 1 is 1.29 bits per heavy atom. The van der Waals surface area contributed by atoms with Gasteiger partial charge in [0.15, 0.2) is 0 Å². The Bertz CT molecular complexity index is 603. The molecule has 21 heavy (non-hydrogen) atoms. The standard InChI is InChI=1S/C15H22BrNO3S/c1-10-5-4-6-13(11(10)2)17-21(18,19)15-9-12(16)7-8-14(15)20-3/h7-11,13,17H,4-6H2,1-3H3/t10-,11-,13+/m1/s1. The summed E-state index contributed by atoms with van der Waals surface area (Å²) in [6.45, 7) is 4.31. The molecule has 1 saturated carbocycles. The Kier molecular flexibility index (Phi) is 5.33. The lowest BCUT2D eigenvalue weighted by Crippen LogP contribution is -2.43. The van der Waals surface area contributed by atoms with Gasteiger partial charge >= 0.3 is 0 Å². The molecular formula is C15H22BrNO3S.